The Morgan fingerprint density at radius 3 is 2.87 bits per heavy atom. The predicted octanol–water partition coefficient (Wildman–Crippen LogP) is 3.30. The summed E-state index contributed by atoms with van der Waals surface area (Å²) in [4.78, 5) is 11.3. The van der Waals surface area contributed by atoms with Crippen LogP contribution in [0.5, 0.6) is 0 Å². The fourth-order valence-corrected chi connectivity index (χ4v) is 1.22. The molecule has 1 aromatic carbocycles. The summed E-state index contributed by atoms with van der Waals surface area (Å²) in [5, 5.41) is 5.85. The molecule has 0 saturated heterocycles. The Bertz CT molecular complexity index is 388. The van der Waals surface area contributed by atoms with Gasteiger partial charge in [0, 0.05) is 16.9 Å². The number of urea groups is 1. The second-order valence-electron chi connectivity index (χ2n) is 3.06. The van der Waals surface area contributed by atoms with Crippen LogP contribution in [0.4, 0.5) is 10.5 Å². The van der Waals surface area contributed by atoms with Crippen molar-refractivity contribution in [2.75, 3.05) is 5.32 Å². The van der Waals surface area contributed by atoms with Gasteiger partial charge >= 0.3 is 6.03 Å². The zero-order chi connectivity index (χ0) is 11.3. The molecule has 1 rings (SSSR count). The number of anilines is 1. The third kappa shape index (κ3) is 3.64. The summed E-state index contributed by atoms with van der Waals surface area (Å²) < 4.78 is 0. The van der Waals surface area contributed by atoms with E-state index in [1.54, 1.807) is 24.4 Å². The summed E-state index contributed by atoms with van der Waals surface area (Å²) in [7, 11) is 0. The number of nitrogens with one attached hydrogen (secondary N) is 2. The van der Waals surface area contributed by atoms with Crippen molar-refractivity contribution in [3.05, 3.63) is 41.1 Å². The van der Waals surface area contributed by atoms with Gasteiger partial charge in [0.25, 0.3) is 0 Å². The first-order valence-electron chi connectivity index (χ1n) is 4.58. The van der Waals surface area contributed by atoms with Gasteiger partial charge in [0.15, 0.2) is 0 Å². The number of carbonyl (C=O) groups excluding carboxylic acids is 1. The van der Waals surface area contributed by atoms with E-state index in [4.69, 9.17) is 11.6 Å². The smallest absolute Gasteiger partial charge is 0.315 e. The lowest BCUT2D eigenvalue weighted by Crippen LogP contribution is -2.24. The fraction of sp³-hybridized carbons (Fsp3) is 0.182. The second kappa shape index (κ2) is 5.41. The van der Waals surface area contributed by atoms with E-state index in [1.165, 1.54) is 0 Å². The molecule has 0 aliphatic heterocycles. The summed E-state index contributed by atoms with van der Waals surface area (Å²) >= 11 is 5.82. The summed E-state index contributed by atoms with van der Waals surface area (Å²) in [6.07, 6.45) is 3.31. The van der Waals surface area contributed by atoms with E-state index >= 15 is 0 Å². The maximum absolute atomic E-state index is 11.3. The number of benzene rings is 1. The lowest BCUT2D eigenvalue weighted by Gasteiger charge is -2.07. The standard InChI is InChI=1S/C11H13ClN2O/c1-3-6-13-11(15)14-10-7-9(12)5-4-8(10)2/h3-7H,1-2H3,(H2,13,14,15)/b6-3+. The maximum atomic E-state index is 11.3. The first kappa shape index (κ1) is 11.6. The highest BCUT2D eigenvalue weighted by Crippen LogP contribution is 2.19. The average molecular weight is 225 g/mol. The van der Waals surface area contributed by atoms with Crippen molar-refractivity contribution in [3.63, 3.8) is 0 Å². The van der Waals surface area contributed by atoms with Gasteiger partial charge in [-0.05, 0) is 31.5 Å². The molecule has 2 N–H and O–H groups in total. The second-order valence-corrected chi connectivity index (χ2v) is 3.49. The van der Waals surface area contributed by atoms with Crippen LogP contribution >= 0.6 is 11.6 Å². The van der Waals surface area contributed by atoms with Gasteiger partial charge in [0.2, 0.25) is 0 Å². The van der Waals surface area contributed by atoms with E-state index in [0.29, 0.717) is 10.7 Å². The molecule has 0 aromatic heterocycles. The van der Waals surface area contributed by atoms with Gasteiger partial charge < -0.3 is 10.6 Å². The molecule has 0 atom stereocenters. The summed E-state index contributed by atoms with van der Waals surface area (Å²) in [6.45, 7) is 3.73. The zero-order valence-corrected chi connectivity index (χ0v) is 9.43. The van der Waals surface area contributed by atoms with Gasteiger partial charge in [-0.3, -0.25) is 0 Å². The van der Waals surface area contributed by atoms with Gasteiger partial charge in [0.05, 0.1) is 0 Å². The van der Waals surface area contributed by atoms with Crippen molar-refractivity contribution in [1.82, 2.24) is 5.32 Å². The molecule has 1 aromatic rings. The van der Waals surface area contributed by atoms with Gasteiger partial charge in [-0.1, -0.05) is 23.7 Å². The third-order valence-corrected chi connectivity index (χ3v) is 2.06. The number of hydrogen-bond acceptors (Lipinski definition) is 1. The molecular weight excluding hydrogens is 212 g/mol. The number of aryl methyl sites for hydroxylation is 1. The minimum atomic E-state index is -0.279. The molecule has 0 unspecified atom stereocenters. The lowest BCUT2D eigenvalue weighted by molar-refractivity contribution is 0.255. The minimum absolute atomic E-state index is 0.279. The third-order valence-electron chi connectivity index (χ3n) is 1.83. The maximum Gasteiger partial charge on any atom is 0.323 e. The number of halogens is 1. The van der Waals surface area contributed by atoms with Crippen molar-refractivity contribution in [1.29, 1.82) is 0 Å². The predicted molar refractivity (Wildman–Crippen MR) is 63.2 cm³/mol. The van der Waals surface area contributed by atoms with Crippen LogP contribution in [0, 0.1) is 6.92 Å². The number of carbonyl (C=O) groups is 1. The normalized spacial score (nSPS) is 10.3. The highest BCUT2D eigenvalue weighted by atomic mass is 35.5. The van der Waals surface area contributed by atoms with Crippen LogP contribution in [0.3, 0.4) is 0 Å². The van der Waals surface area contributed by atoms with E-state index in [1.807, 2.05) is 19.9 Å². The molecule has 0 fully saturated rings. The van der Waals surface area contributed by atoms with Gasteiger partial charge in [-0.2, -0.15) is 0 Å². The van der Waals surface area contributed by atoms with Crippen molar-refractivity contribution in [2.24, 2.45) is 0 Å². The molecule has 0 saturated carbocycles. The first-order chi connectivity index (χ1) is 7.13. The Morgan fingerprint density at radius 1 is 1.47 bits per heavy atom. The van der Waals surface area contributed by atoms with Crippen LogP contribution in [-0.2, 0) is 0 Å². The molecule has 0 spiro atoms. The topological polar surface area (TPSA) is 41.1 Å². The van der Waals surface area contributed by atoms with Crippen LogP contribution < -0.4 is 10.6 Å². The van der Waals surface area contributed by atoms with Gasteiger partial charge in [-0.15, -0.1) is 0 Å². The Kier molecular flexibility index (Phi) is 4.18. The molecule has 0 bridgehead atoms. The van der Waals surface area contributed by atoms with Crippen LogP contribution in [-0.4, -0.2) is 6.03 Å². The molecule has 0 aliphatic rings. The van der Waals surface area contributed by atoms with Crippen molar-refractivity contribution < 1.29 is 4.79 Å². The number of hydrogen-bond donors (Lipinski definition) is 2. The Hall–Kier alpha value is -1.48. The van der Waals surface area contributed by atoms with E-state index < -0.39 is 0 Å². The van der Waals surface area contributed by atoms with Gasteiger partial charge in [-0.25, -0.2) is 4.79 Å². The molecular formula is C11H13ClN2O. The monoisotopic (exact) mass is 224 g/mol. The van der Waals surface area contributed by atoms with Crippen LogP contribution in [0.1, 0.15) is 12.5 Å². The van der Waals surface area contributed by atoms with Crippen molar-refractivity contribution in [2.45, 2.75) is 13.8 Å². The van der Waals surface area contributed by atoms with E-state index in [0.717, 1.165) is 5.56 Å². The summed E-state index contributed by atoms with van der Waals surface area (Å²) in [5.74, 6) is 0. The SMILES string of the molecule is C/C=C/NC(=O)Nc1cc(Cl)ccc1C. The Balaban J connectivity index is 2.71. The minimum Gasteiger partial charge on any atom is -0.315 e. The Morgan fingerprint density at radius 2 is 2.20 bits per heavy atom. The molecule has 0 heterocycles. The zero-order valence-electron chi connectivity index (χ0n) is 8.67. The van der Waals surface area contributed by atoms with Crippen LogP contribution in [0.2, 0.25) is 5.02 Å². The van der Waals surface area contributed by atoms with Crippen LogP contribution in [0.15, 0.2) is 30.5 Å². The average Bonchev–Trinajstić information content (AvgIpc) is 2.20. The lowest BCUT2D eigenvalue weighted by atomic mass is 10.2. The van der Waals surface area contributed by atoms with E-state index in [-0.39, 0.29) is 6.03 Å². The molecule has 4 heteroatoms. The summed E-state index contributed by atoms with van der Waals surface area (Å²) in [6, 6.07) is 5.07. The van der Waals surface area contributed by atoms with E-state index in [2.05, 4.69) is 10.6 Å². The van der Waals surface area contributed by atoms with Crippen molar-refractivity contribution >= 4 is 23.3 Å². The summed E-state index contributed by atoms with van der Waals surface area (Å²) in [5.41, 5.74) is 1.68. The number of rotatable bonds is 2. The fourth-order valence-electron chi connectivity index (χ4n) is 1.05. The largest absolute Gasteiger partial charge is 0.323 e. The molecule has 15 heavy (non-hydrogen) atoms. The van der Waals surface area contributed by atoms with Crippen molar-refractivity contribution in [3.8, 4) is 0 Å². The molecule has 80 valence electrons. The van der Waals surface area contributed by atoms with E-state index in [9.17, 15) is 4.79 Å². The first-order valence-corrected chi connectivity index (χ1v) is 4.96. The number of amides is 2. The quantitative estimate of drug-likeness (QED) is 0.795. The highest BCUT2D eigenvalue weighted by molar-refractivity contribution is 6.31. The highest BCUT2D eigenvalue weighted by Gasteiger charge is 2.02. The number of allylic oxidation sites excluding steroid dienone is 1. The molecule has 0 aliphatic carbocycles. The Labute approximate surface area is 94.1 Å². The molecule has 2 amide bonds. The van der Waals surface area contributed by atoms with Crippen LogP contribution in [0.25, 0.3) is 0 Å². The van der Waals surface area contributed by atoms with Gasteiger partial charge in [0.1, 0.15) is 0 Å². The molecule has 0 radical (unpaired) electrons. The molecule has 3 nitrogen and oxygen atoms in total.